The number of hydrogen-bond acceptors (Lipinski definition) is 3. The van der Waals surface area contributed by atoms with Gasteiger partial charge < -0.3 is 9.84 Å². The second-order valence-electron chi connectivity index (χ2n) is 5.07. The minimum absolute atomic E-state index is 0.111. The number of aromatic nitrogens is 1. The van der Waals surface area contributed by atoms with E-state index in [4.69, 9.17) is 16.3 Å². The molecule has 4 nitrogen and oxygen atoms in total. The first-order valence-corrected chi connectivity index (χ1v) is 6.98. The molecule has 110 valence electrons. The molecular formula is C16H16ClNO3. The smallest absolute Gasteiger partial charge is 0.337 e. The van der Waals surface area contributed by atoms with Crippen LogP contribution in [0.15, 0.2) is 36.4 Å². The van der Waals surface area contributed by atoms with E-state index in [2.05, 4.69) is 18.8 Å². The monoisotopic (exact) mass is 305 g/mol. The number of rotatable bonds is 5. The van der Waals surface area contributed by atoms with Gasteiger partial charge in [-0.05, 0) is 30.2 Å². The van der Waals surface area contributed by atoms with Crippen LogP contribution in [-0.2, 0) is 0 Å². The average Bonchev–Trinajstić information content (AvgIpc) is 2.45. The maximum Gasteiger partial charge on any atom is 0.337 e. The molecule has 5 heteroatoms. The summed E-state index contributed by atoms with van der Waals surface area (Å²) in [5, 5.41) is 9.50. The number of hydrogen-bond donors (Lipinski definition) is 1. The highest BCUT2D eigenvalue weighted by Crippen LogP contribution is 2.27. The predicted octanol–water partition coefficient (Wildman–Crippen LogP) is 4.14. The Morgan fingerprint density at radius 3 is 2.76 bits per heavy atom. The van der Waals surface area contributed by atoms with Crippen molar-refractivity contribution in [1.82, 2.24) is 4.98 Å². The van der Waals surface area contributed by atoms with Crippen molar-refractivity contribution in [3.8, 4) is 17.0 Å². The summed E-state index contributed by atoms with van der Waals surface area (Å²) in [5.74, 6) is 0.0505. The third-order valence-corrected chi connectivity index (χ3v) is 2.99. The van der Waals surface area contributed by atoms with E-state index in [1.807, 2.05) is 6.07 Å². The van der Waals surface area contributed by atoms with Crippen LogP contribution in [-0.4, -0.2) is 22.7 Å². The molecule has 0 unspecified atom stereocenters. The standard InChI is InChI=1S/C16H16ClNO3/c1-10(2)9-21-12-5-3-4-11(8-12)15-13(16(19)20)6-7-14(17)18-15/h3-8,10H,9H2,1-2H3,(H,19,20). The second kappa shape index (κ2) is 6.59. The Balaban J connectivity index is 2.40. The van der Waals surface area contributed by atoms with Crippen LogP contribution in [0.25, 0.3) is 11.3 Å². The molecule has 0 bridgehead atoms. The third-order valence-electron chi connectivity index (χ3n) is 2.78. The molecule has 1 N–H and O–H groups in total. The summed E-state index contributed by atoms with van der Waals surface area (Å²) < 4.78 is 5.65. The lowest BCUT2D eigenvalue weighted by molar-refractivity contribution is 0.0697. The van der Waals surface area contributed by atoms with Crippen molar-refractivity contribution in [1.29, 1.82) is 0 Å². The minimum atomic E-state index is -1.04. The number of carbonyl (C=O) groups is 1. The fraction of sp³-hybridized carbons (Fsp3) is 0.250. The maximum atomic E-state index is 11.3. The molecule has 2 rings (SSSR count). The summed E-state index contributed by atoms with van der Waals surface area (Å²) in [7, 11) is 0. The first-order chi connectivity index (χ1) is 9.97. The molecule has 0 amide bonds. The zero-order valence-electron chi connectivity index (χ0n) is 11.8. The minimum Gasteiger partial charge on any atom is -0.493 e. The Bertz CT molecular complexity index is 656. The van der Waals surface area contributed by atoms with Gasteiger partial charge in [-0.2, -0.15) is 0 Å². The van der Waals surface area contributed by atoms with Crippen molar-refractivity contribution in [2.45, 2.75) is 13.8 Å². The molecule has 21 heavy (non-hydrogen) atoms. The summed E-state index contributed by atoms with van der Waals surface area (Å²) in [6.07, 6.45) is 0. The Labute approximate surface area is 128 Å². The summed E-state index contributed by atoms with van der Waals surface area (Å²) >= 11 is 5.88. The number of nitrogens with zero attached hydrogens (tertiary/aromatic N) is 1. The number of carboxylic acid groups (broad SMARTS) is 1. The van der Waals surface area contributed by atoms with Crippen molar-refractivity contribution in [3.05, 3.63) is 47.1 Å². The SMILES string of the molecule is CC(C)COc1cccc(-c2nc(Cl)ccc2C(=O)O)c1. The number of aromatic carboxylic acids is 1. The van der Waals surface area contributed by atoms with E-state index in [1.54, 1.807) is 18.2 Å². The molecule has 0 aliphatic carbocycles. The normalized spacial score (nSPS) is 10.7. The summed E-state index contributed by atoms with van der Waals surface area (Å²) in [6, 6.07) is 10.1. The van der Waals surface area contributed by atoms with Gasteiger partial charge in [0.2, 0.25) is 0 Å². The summed E-state index contributed by atoms with van der Waals surface area (Å²) in [6.45, 7) is 4.72. The summed E-state index contributed by atoms with van der Waals surface area (Å²) in [4.78, 5) is 15.4. The van der Waals surface area contributed by atoms with Crippen LogP contribution in [0.3, 0.4) is 0 Å². The van der Waals surface area contributed by atoms with Gasteiger partial charge in [0.15, 0.2) is 0 Å². The Kier molecular flexibility index (Phi) is 4.81. The third kappa shape index (κ3) is 3.95. The highest BCUT2D eigenvalue weighted by atomic mass is 35.5. The second-order valence-corrected chi connectivity index (χ2v) is 5.46. The zero-order valence-corrected chi connectivity index (χ0v) is 12.6. The molecule has 1 heterocycles. The van der Waals surface area contributed by atoms with E-state index in [9.17, 15) is 9.90 Å². The van der Waals surface area contributed by atoms with Gasteiger partial charge in [-0.25, -0.2) is 9.78 Å². The topological polar surface area (TPSA) is 59.4 Å². The van der Waals surface area contributed by atoms with Crippen LogP contribution in [0, 0.1) is 5.92 Å². The number of benzene rings is 1. The van der Waals surface area contributed by atoms with Crippen LogP contribution >= 0.6 is 11.6 Å². The van der Waals surface area contributed by atoms with Crippen molar-refractivity contribution >= 4 is 17.6 Å². The van der Waals surface area contributed by atoms with Gasteiger partial charge in [0.05, 0.1) is 17.9 Å². The van der Waals surface area contributed by atoms with Crippen molar-refractivity contribution in [2.24, 2.45) is 5.92 Å². The van der Waals surface area contributed by atoms with Crippen molar-refractivity contribution in [3.63, 3.8) is 0 Å². The quantitative estimate of drug-likeness (QED) is 0.844. The molecule has 0 radical (unpaired) electrons. The molecule has 0 aliphatic rings. The van der Waals surface area contributed by atoms with E-state index in [0.29, 0.717) is 29.5 Å². The van der Waals surface area contributed by atoms with E-state index in [1.165, 1.54) is 12.1 Å². The van der Waals surface area contributed by atoms with Gasteiger partial charge in [-0.3, -0.25) is 0 Å². The predicted molar refractivity (Wildman–Crippen MR) is 82.0 cm³/mol. The Morgan fingerprint density at radius 1 is 1.33 bits per heavy atom. The van der Waals surface area contributed by atoms with E-state index < -0.39 is 5.97 Å². The van der Waals surface area contributed by atoms with Crippen LogP contribution in [0.2, 0.25) is 5.15 Å². The molecule has 0 spiro atoms. The zero-order chi connectivity index (χ0) is 15.4. The van der Waals surface area contributed by atoms with E-state index in [0.717, 1.165) is 0 Å². The molecule has 0 saturated heterocycles. The lowest BCUT2D eigenvalue weighted by Gasteiger charge is -2.11. The van der Waals surface area contributed by atoms with Gasteiger partial charge in [0.25, 0.3) is 0 Å². The first kappa shape index (κ1) is 15.3. The van der Waals surface area contributed by atoms with Crippen LogP contribution in [0.5, 0.6) is 5.75 Å². The number of pyridine rings is 1. The van der Waals surface area contributed by atoms with Gasteiger partial charge in [-0.15, -0.1) is 0 Å². The fourth-order valence-corrected chi connectivity index (χ4v) is 1.97. The first-order valence-electron chi connectivity index (χ1n) is 6.60. The number of halogens is 1. The molecule has 0 atom stereocenters. The van der Waals surface area contributed by atoms with Crippen LogP contribution in [0.4, 0.5) is 0 Å². The lowest BCUT2D eigenvalue weighted by Crippen LogP contribution is -2.05. The van der Waals surface area contributed by atoms with Crippen LogP contribution in [0.1, 0.15) is 24.2 Å². The molecule has 0 saturated carbocycles. The fourth-order valence-electron chi connectivity index (χ4n) is 1.82. The summed E-state index contributed by atoms with van der Waals surface area (Å²) in [5.41, 5.74) is 1.11. The molecule has 0 aliphatic heterocycles. The highest BCUT2D eigenvalue weighted by Gasteiger charge is 2.14. The van der Waals surface area contributed by atoms with Gasteiger partial charge in [0.1, 0.15) is 10.9 Å². The van der Waals surface area contributed by atoms with E-state index >= 15 is 0 Å². The average molecular weight is 306 g/mol. The largest absolute Gasteiger partial charge is 0.493 e. The Hall–Kier alpha value is -2.07. The van der Waals surface area contributed by atoms with Gasteiger partial charge >= 0.3 is 5.97 Å². The molecule has 1 aromatic carbocycles. The molecule has 0 fully saturated rings. The van der Waals surface area contributed by atoms with Crippen molar-refractivity contribution < 1.29 is 14.6 Å². The van der Waals surface area contributed by atoms with E-state index in [-0.39, 0.29) is 10.7 Å². The Morgan fingerprint density at radius 2 is 2.10 bits per heavy atom. The molecule has 1 aromatic heterocycles. The maximum absolute atomic E-state index is 11.3. The van der Waals surface area contributed by atoms with Gasteiger partial charge in [-0.1, -0.05) is 37.6 Å². The van der Waals surface area contributed by atoms with Crippen LogP contribution < -0.4 is 4.74 Å². The molecule has 2 aromatic rings. The lowest BCUT2D eigenvalue weighted by atomic mass is 10.1. The van der Waals surface area contributed by atoms with Crippen molar-refractivity contribution in [2.75, 3.05) is 6.61 Å². The van der Waals surface area contributed by atoms with Gasteiger partial charge in [0, 0.05) is 5.56 Å². The number of ether oxygens (including phenoxy) is 1. The number of carboxylic acids is 1. The highest BCUT2D eigenvalue weighted by molar-refractivity contribution is 6.29. The molecular weight excluding hydrogens is 290 g/mol.